The van der Waals surface area contributed by atoms with Gasteiger partial charge in [0, 0.05) is 26.3 Å². The van der Waals surface area contributed by atoms with Gasteiger partial charge in [-0.25, -0.2) is 4.98 Å². The largest absolute Gasteiger partial charge is 0.505 e. The molecule has 104 valence electrons. The zero-order valence-corrected chi connectivity index (χ0v) is 14.6. The van der Waals surface area contributed by atoms with Gasteiger partial charge >= 0.3 is 0 Å². The van der Waals surface area contributed by atoms with Crippen molar-refractivity contribution in [1.82, 2.24) is 9.55 Å². The van der Waals surface area contributed by atoms with E-state index in [9.17, 15) is 5.11 Å². The number of aromatic nitrogens is 2. The van der Waals surface area contributed by atoms with Crippen molar-refractivity contribution in [2.45, 2.75) is 32.4 Å². The number of ether oxygens (including phenoxy) is 1. The lowest BCUT2D eigenvalue weighted by Gasteiger charge is -2.15. The highest BCUT2D eigenvalue weighted by Gasteiger charge is 2.13. The predicted molar refractivity (Wildman–Crippen MR) is 88.2 cm³/mol. The molecule has 0 aliphatic heterocycles. The first kappa shape index (κ1) is 14.8. The third-order valence-electron chi connectivity index (χ3n) is 2.93. The van der Waals surface area contributed by atoms with E-state index in [4.69, 9.17) is 4.74 Å². The number of fused-ring (bicyclic) bond motifs is 1. The Bertz CT molecular complexity index is 578. The Kier molecular flexibility index (Phi) is 4.52. The maximum Gasteiger partial charge on any atom is 0.147 e. The standard InChI is InChI=1S/C13H19IN2O2Si/c1-19(2,3)7-6-18-9-16-5-4-10-12(14)11(17)8-15-13(10)16/h4-5,8,17H,6-7,9H2,1-3H3. The van der Waals surface area contributed by atoms with Crippen LogP contribution in [0.3, 0.4) is 0 Å². The molecule has 4 nitrogen and oxygen atoms in total. The number of nitrogens with zero attached hydrogens (tertiary/aromatic N) is 2. The van der Waals surface area contributed by atoms with Crippen molar-refractivity contribution >= 4 is 41.7 Å². The molecule has 0 spiro atoms. The average molecular weight is 390 g/mol. The second kappa shape index (κ2) is 5.80. The van der Waals surface area contributed by atoms with E-state index < -0.39 is 8.07 Å². The van der Waals surface area contributed by atoms with Crippen LogP contribution in [0.25, 0.3) is 11.0 Å². The lowest BCUT2D eigenvalue weighted by molar-refractivity contribution is 0.0899. The van der Waals surface area contributed by atoms with Gasteiger partial charge in [0.1, 0.15) is 18.1 Å². The molecule has 6 heteroatoms. The summed E-state index contributed by atoms with van der Waals surface area (Å²) < 4.78 is 8.53. The monoisotopic (exact) mass is 390 g/mol. The van der Waals surface area contributed by atoms with E-state index in [1.165, 1.54) is 6.20 Å². The Morgan fingerprint density at radius 3 is 2.84 bits per heavy atom. The summed E-state index contributed by atoms with van der Waals surface area (Å²) in [5.41, 5.74) is 0.857. The Morgan fingerprint density at radius 2 is 2.16 bits per heavy atom. The summed E-state index contributed by atoms with van der Waals surface area (Å²) in [7, 11) is -1.03. The molecule has 2 heterocycles. The molecule has 0 atom stereocenters. The molecule has 2 rings (SSSR count). The molecule has 0 aliphatic carbocycles. The zero-order chi connectivity index (χ0) is 14.0. The highest BCUT2D eigenvalue weighted by atomic mass is 127. The van der Waals surface area contributed by atoms with Crippen LogP contribution in [0.15, 0.2) is 18.5 Å². The van der Waals surface area contributed by atoms with Gasteiger partial charge < -0.3 is 14.4 Å². The van der Waals surface area contributed by atoms with Crippen molar-refractivity contribution in [2.24, 2.45) is 0 Å². The molecule has 0 aromatic carbocycles. The first-order valence-corrected chi connectivity index (χ1v) is 11.1. The molecule has 2 aromatic heterocycles. The minimum atomic E-state index is -1.03. The summed E-state index contributed by atoms with van der Waals surface area (Å²) in [5.74, 6) is 0.227. The molecule has 0 radical (unpaired) electrons. The first-order valence-electron chi connectivity index (χ1n) is 6.28. The summed E-state index contributed by atoms with van der Waals surface area (Å²) in [6.45, 7) is 8.34. The van der Waals surface area contributed by atoms with Crippen LogP contribution in [-0.4, -0.2) is 29.3 Å². The fourth-order valence-corrected chi connectivity index (χ4v) is 3.06. The van der Waals surface area contributed by atoms with E-state index in [0.717, 1.165) is 27.3 Å². The first-order chi connectivity index (χ1) is 8.88. The molecule has 19 heavy (non-hydrogen) atoms. The normalized spacial score (nSPS) is 12.2. The van der Waals surface area contributed by atoms with E-state index in [-0.39, 0.29) is 5.75 Å². The zero-order valence-electron chi connectivity index (χ0n) is 11.5. The van der Waals surface area contributed by atoms with Crippen LogP contribution in [-0.2, 0) is 11.5 Å². The number of hydrogen-bond donors (Lipinski definition) is 1. The molecule has 0 bridgehead atoms. The second-order valence-corrected chi connectivity index (χ2v) is 12.5. The molecular formula is C13H19IN2O2Si. The fraction of sp³-hybridized carbons (Fsp3) is 0.462. The summed E-state index contributed by atoms with van der Waals surface area (Å²) in [6, 6.07) is 3.13. The third kappa shape index (κ3) is 3.70. The summed E-state index contributed by atoms with van der Waals surface area (Å²) in [5, 5.41) is 10.6. The molecular weight excluding hydrogens is 371 g/mol. The van der Waals surface area contributed by atoms with E-state index >= 15 is 0 Å². The smallest absolute Gasteiger partial charge is 0.147 e. The lowest BCUT2D eigenvalue weighted by atomic mass is 10.3. The van der Waals surface area contributed by atoms with Crippen molar-refractivity contribution in [2.75, 3.05) is 6.61 Å². The van der Waals surface area contributed by atoms with Crippen molar-refractivity contribution in [1.29, 1.82) is 0 Å². The fourth-order valence-electron chi connectivity index (χ4n) is 1.74. The van der Waals surface area contributed by atoms with Gasteiger partial charge in [-0.2, -0.15) is 0 Å². The van der Waals surface area contributed by atoms with Crippen LogP contribution in [0.1, 0.15) is 0 Å². The molecule has 0 unspecified atom stereocenters. The quantitative estimate of drug-likeness (QED) is 0.482. The van der Waals surface area contributed by atoms with E-state index in [2.05, 4.69) is 47.2 Å². The van der Waals surface area contributed by atoms with Crippen molar-refractivity contribution in [3.63, 3.8) is 0 Å². The van der Waals surface area contributed by atoms with E-state index in [1.807, 2.05) is 16.8 Å². The van der Waals surface area contributed by atoms with Gasteiger partial charge in [-0.15, -0.1) is 0 Å². The number of aromatic hydroxyl groups is 1. The number of halogens is 1. The number of rotatable bonds is 5. The van der Waals surface area contributed by atoms with Crippen molar-refractivity contribution in [3.05, 3.63) is 22.0 Å². The van der Waals surface area contributed by atoms with Crippen molar-refractivity contribution in [3.8, 4) is 5.75 Å². The minimum Gasteiger partial charge on any atom is -0.505 e. The Balaban J connectivity index is 2.04. The second-order valence-electron chi connectivity index (χ2n) is 5.83. The Morgan fingerprint density at radius 1 is 1.42 bits per heavy atom. The van der Waals surface area contributed by atoms with Gasteiger partial charge in [0.15, 0.2) is 0 Å². The summed E-state index contributed by atoms with van der Waals surface area (Å²) in [6.07, 6.45) is 3.44. The molecule has 0 amide bonds. The molecule has 0 aliphatic rings. The lowest BCUT2D eigenvalue weighted by Crippen LogP contribution is -2.22. The van der Waals surface area contributed by atoms with Gasteiger partial charge in [0.25, 0.3) is 0 Å². The molecule has 2 aromatic rings. The highest BCUT2D eigenvalue weighted by Crippen LogP contribution is 2.27. The third-order valence-corrected chi connectivity index (χ3v) is 5.77. The molecule has 0 saturated heterocycles. The summed E-state index contributed by atoms with van der Waals surface area (Å²) in [4.78, 5) is 4.27. The number of pyridine rings is 1. The Hall–Kier alpha value is -0.603. The van der Waals surface area contributed by atoms with E-state index in [0.29, 0.717) is 6.73 Å². The van der Waals surface area contributed by atoms with Gasteiger partial charge in [-0.05, 0) is 34.7 Å². The van der Waals surface area contributed by atoms with Crippen LogP contribution in [0.4, 0.5) is 0 Å². The van der Waals surface area contributed by atoms with Crippen LogP contribution in [0, 0.1) is 3.57 Å². The Labute approximate surface area is 127 Å². The van der Waals surface area contributed by atoms with Crippen LogP contribution < -0.4 is 0 Å². The topological polar surface area (TPSA) is 47.3 Å². The molecule has 0 saturated carbocycles. The maximum absolute atomic E-state index is 9.62. The van der Waals surface area contributed by atoms with Crippen LogP contribution in [0.2, 0.25) is 25.7 Å². The summed E-state index contributed by atoms with van der Waals surface area (Å²) >= 11 is 2.13. The highest BCUT2D eigenvalue weighted by molar-refractivity contribution is 14.1. The van der Waals surface area contributed by atoms with Gasteiger partial charge in [0.05, 0.1) is 9.77 Å². The SMILES string of the molecule is C[Si](C)(C)CCOCn1ccc2c(I)c(O)cnc21. The van der Waals surface area contributed by atoms with Gasteiger partial charge in [0.2, 0.25) is 0 Å². The van der Waals surface area contributed by atoms with Gasteiger partial charge in [-0.3, -0.25) is 0 Å². The number of hydrogen-bond acceptors (Lipinski definition) is 3. The molecule has 1 N–H and O–H groups in total. The van der Waals surface area contributed by atoms with Crippen LogP contribution >= 0.6 is 22.6 Å². The van der Waals surface area contributed by atoms with Gasteiger partial charge in [-0.1, -0.05) is 19.6 Å². The minimum absolute atomic E-state index is 0.227. The maximum atomic E-state index is 9.62. The molecule has 0 fully saturated rings. The van der Waals surface area contributed by atoms with E-state index in [1.54, 1.807) is 0 Å². The van der Waals surface area contributed by atoms with Crippen molar-refractivity contribution < 1.29 is 9.84 Å². The van der Waals surface area contributed by atoms with Crippen LogP contribution in [0.5, 0.6) is 5.75 Å². The predicted octanol–water partition coefficient (Wildman–Crippen LogP) is 3.66. The average Bonchev–Trinajstić information content (AvgIpc) is 2.72.